The van der Waals surface area contributed by atoms with Gasteiger partial charge in [-0.25, -0.2) is 4.98 Å². The fourth-order valence-corrected chi connectivity index (χ4v) is 3.74. The molecule has 0 aliphatic heterocycles. The van der Waals surface area contributed by atoms with E-state index in [1.54, 1.807) is 0 Å². The van der Waals surface area contributed by atoms with Crippen molar-refractivity contribution in [1.82, 2.24) is 9.55 Å². The van der Waals surface area contributed by atoms with Gasteiger partial charge in [-0.05, 0) is 31.2 Å². The van der Waals surface area contributed by atoms with Crippen molar-refractivity contribution in [1.29, 1.82) is 0 Å². The Kier molecular flexibility index (Phi) is 5.02. The first kappa shape index (κ1) is 18.2. The van der Waals surface area contributed by atoms with Gasteiger partial charge in [0, 0.05) is 32.7 Å². The van der Waals surface area contributed by atoms with E-state index < -0.39 is 0 Å². The maximum absolute atomic E-state index is 5.04. The Morgan fingerprint density at radius 3 is 1.70 bits per heavy atom. The van der Waals surface area contributed by atoms with E-state index in [0.29, 0.717) is 0 Å². The lowest BCUT2D eigenvalue weighted by Gasteiger charge is -2.09. The fourth-order valence-electron chi connectivity index (χ4n) is 3.21. The summed E-state index contributed by atoms with van der Waals surface area (Å²) in [7, 11) is 2.09. The van der Waals surface area contributed by atoms with Crippen LogP contribution in [0.25, 0.3) is 33.9 Å². The highest BCUT2D eigenvalue weighted by Gasteiger charge is 2.19. The van der Waals surface area contributed by atoms with E-state index in [1.165, 1.54) is 5.56 Å². The average molecular weight is 482 g/mol. The molecule has 27 heavy (non-hydrogen) atoms. The van der Waals surface area contributed by atoms with Crippen molar-refractivity contribution in [2.24, 2.45) is 7.05 Å². The van der Waals surface area contributed by atoms with E-state index in [0.717, 1.165) is 42.8 Å². The Balaban J connectivity index is 1.95. The SMILES string of the molecule is Cc1ccc(-c2nc(-c3ccc(Br)cc3)c(-c3ccc(Br)cc3)n2C)cc1. The van der Waals surface area contributed by atoms with Crippen LogP contribution in [0, 0.1) is 6.92 Å². The van der Waals surface area contributed by atoms with Crippen LogP contribution in [0.3, 0.4) is 0 Å². The first-order valence-corrected chi connectivity index (χ1v) is 10.3. The number of nitrogens with zero attached hydrogens (tertiary/aromatic N) is 2. The number of rotatable bonds is 3. The molecule has 0 aliphatic carbocycles. The minimum Gasteiger partial charge on any atom is -0.327 e. The zero-order valence-corrected chi connectivity index (χ0v) is 18.3. The Labute approximate surface area is 176 Å². The van der Waals surface area contributed by atoms with E-state index >= 15 is 0 Å². The fraction of sp³-hybridized carbons (Fsp3) is 0.0870. The quantitative estimate of drug-likeness (QED) is 0.301. The van der Waals surface area contributed by atoms with Gasteiger partial charge in [-0.3, -0.25) is 0 Å². The molecular weight excluding hydrogens is 464 g/mol. The zero-order valence-electron chi connectivity index (χ0n) is 15.1. The van der Waals surface area contributed by atoms with Gasteiger partial charge in [-0.15, -0.1) is 0 Å². The summed E-state index contributed by atoms with van der Waals surface area (Å²) >= 11 is 7.05. The molecule has 0 N–H and O–H groups in total. The van der Waals surface area contributed by atoms with Crippen LogP contribution in [0.2, 0.25) is 0 Å². The second-order valence-electron chi connectivity index (χ2n) is 6.57. The molecule has 0 aliphatic rings. The molecule has 0 amide bonds. The van der Waals surface area contributed by atoms with Crippen LogP contribution in [0.1, 0.15) is 5.56 Å². The van der Waals surface area contributed by atoms with Gasteiger partial charge in [0.2, 0.25) is 0 Å². The molecular formula is C23H18Br2N2. The molecule has 0 unspecified atom stereocenters. The predicted octanol–water partition coefficient (Wildman–Crippen LogP) is 7.25. The second-order valence-corrected chi connectivity index (χ2v) is 8.40. The summed E-state index contributed by atoms with van der Waals surface area (Å²) in [5, 5.41) is 0. The lowest BCUT2D eigenvalue weighted by atomic mass is 10.0. The Bertz CT molecular complexity index is 1080. The van der Waals surface area contributed by atoms with Gasteiger partial charge in [-0.1, -0.05) is 86.0 Å². The molecule has 1 heterocycles. The van der Waals surface area contributed by atoms with Crippen molar-refractivity contribution in [3.63, 3.8) is 0 Å². The van der Waals surface area contributed by atoms with Crippen LogP contribution in [0.15, 0.2) is 81.7 Å². The Morgan fingerprint density at radius 2 is 1.15 bits per heavy atom. The van der Waals surface area contributed by atoms with E-state index in [4.69, 9.17) is 4.98 Å². The highest BCUT2D eigenvalue weighted by atomic mass is 79.9. The number of benzene rings is 3. The molecule has 0 fully saturated rings. The molecule has 4 aromatic rings. The number of aromatic nitrogens is 2. The van der Waals surface area contributed by atoms with Gasteiger partial charge in [-0.2, -0.15) is 0 Å². The van der Waals surface area contributed by atoms with Gasteiger partial charge in [0.25, 0.3) is 0 Å². The third-order valence-electron chi connectivity index (χ3n) is 4.64. The third kappa shape index (κ3) is 3.64. The number of imidazole rings is 1. The maximum Gasteiger partial charge on any atom is 0.140 e. The summed E-state index contributed by atoms with van der Waals surface area (Å²) in [5.74, 6) is 0.964. The predicted molar refractivity (Wildman–Crippen MR) is 120 cm³/mol. The maximum atomic E-state index is 5.04. The number of hydrogen-bond acceptors (Lipinski definition) is 1. The van der Waals surface area contributed by atoms with Crippen molar-refractivity contribution in [2.75, 3.05) is 0 Å². The van der Waals surface area contributed by atoms with E-state index in [2.05, 4.69) is 123 Å². The smallest absolute Gasteiger partial charge is 0.140 e. The Hall–Kier alpha value is -2.17. The normalized spacial score (nSPS) is 11.0. The van der Waals surface area contributed by atoms with Crippen molar-refractivity contribution in [3.05, 3.63) is 87.3 Å². The molecule has 0 atom stereocenters. The van der Waals surface area contributed by atoms with Crippen LogP contribution in [-0.2, 0) is 7.05 Å². The van der Waals surface area contributed by atoms with Gasteiger partial charge in [0.05, 0.1) is 11.4 Å². The van der Waals surface area contributed by atoms with Crippen molar-refractivity contribution in [3.8, 4) is 33.9 Å². The lowest BCUT2D eigenvalue weighted by Crippen LogP contribution is -1.96. The standard InChI is InChI=1S/C23H18Br2N2/c1-15-3-5-18(6-4-15)23-26-21(16-7-11-19(24)12-8-16)22(27(23)2)17-9-13-20(25)14-10-17/h3-14H,1-2H3. The van der Waals surface area contributed by atoms with E-state index in [9.17, 15) is 0 Å². The lowest BCUT2D eigenvalue weighted by molar-refractivity contribution is 0.933. The van der Waals surface area contributed by atoms with E-state index in [1.807, 2.05) is 0 Å². The highest BCUT2D eigenvalue weighted by molar-refractivity contribution is 9.10. The van der Waals surface area contributed by atoms with Crippen LogP contribution >= 0.6 is 31.9 Å². The zero-order chi connectivity index (χ0) is 19.0. The van der Waals surface area contributed by atoms with Crippen molar-refractivity contribution < 1.29 is 0 Å². The second kappa shape index (κ2) is 7.45. The number of halogens is 2. The first-order valence-electron chi connectivity index (χ1n) is 8.68. The molecule has 0 radical (unpaired) electrons. The Morgan fingerprint density at radius 1 is 0.667 bits per heavy atom. The number of aryl methyl sites for hydroxylation is 1. The molecule has 4 rings (SSSR count). The number of hydrogen-bond donors (Lipinski definition) is 0. The average Bonchev–Trinajstić information content (AvgIpc) is 3.01. The van der Waals surface area contributed by atoms with Gasteiger partial charge in [0.1, 0.15) is 5.82 Å². The minimum absolute atomic E-state index is 0.964. The molecule has 0 bridgehead atoms. The molecule has 134 valence electrons. The van der Waals surface area contributed by atoms with E-state index in [-0.39, 0.29) is 0 Å². The highest BCUT2D eigenvalue weighted by Crippen LogP contribution is 2.36. The van der Waals surface area contributed by atoms with Crippen LogP contribution in [0.5, 0.6) is 0 Å². The van der Waals surface area contributed by atoms with Gasteiger partial charge < -0.3 is 4.57 Å². The largest absolute Gasteiger partial charge is 0.327 e. The monoisotopic (exact) mass is 480 g/mol. The molecule has 2 nitrogen and oxygen atoms in total. The summed E-state index contributed by atoms with van der Waals surface area (Å²) in [6.45, 7) is 2.10. The summed E-state index contributed by atoms with van der Waals surface area (Å²) in [5.41, 5.74) is 6.71. The van der Waals surface area contributed by atoms with Crippen LogP contribution < -0.4 is 0 Å². The molecule has 0 spiro atoms. The summed E-state index contributed by atoms with van der Waals surface area (Å²) < 4.78 is 4.31. The molecule has 4 heteroatoms. The van der Waals surface area contributed by atoms with Gasteiger partial charge >= 0.3 is 0 Å². The first-order chi connectivity index (χ1) is 13.0. The topological polar surface area (TPSA) is 17.8 Å². The van der Waals surface area contributed by atoms with Crippen LogP contribution in [-0.4, -0.2) is 9.55 Å². The minimum atomic E-state index is 0.964. The summed E-state index contributed by atoms with van der Waals surface area (Å²) in [6.07, 6.45) is 0. The molecule has 0 saturated heterocycles. The van der Waals surface area contributed by atoms with Crippen LogP contribution in [0.4, 0.5) is 0 Å². The molecule has 1 aromatic heterocycles. The third-order valence-corrected chi connectivity index (χ3v) is 5.70. The summed E-state index contributed by atoms with van der Waals surface area (Å²) in [4.78, 5) is 5.04. The van der Waals surface area contributed by atoms with Gasteiger partial charge in [0.15, 0.2) is 0 Å². The molecule has 0 saturated carbocycles. The molecule has 3 aromatic carbocycles. The van der Waals surface area contributed by atoms with Crippen molar-refractivity contribution >= 4 is 31.9 Å². The van der Waals surface area contributed by atoms with Crippen molar-refractivity contribution in [2.45, 2.75) is 6.92 Å². The summed E-state index contributed by atoms with van der Waals surface area (Å²) in [6, 6.07) is 25.2.